The number of hydrogen-bond acceptors (Lipinski definition) is 7. The number of carbonyl (C=O) groups excluding carboxylic acids is 3. The van der Waals surface area contributed by atoms with Crippen LogP contribution in [0.15, 0.2) is 0 Å². The summed E-state index contributed by atoms with van der Waals surface area (Å²) in [5.41, 5.74) is 5.52. The minimum Gasteiger partial charge on any atom is -0.480 e. The molecule has 0 bridgehead atoms. The summed E-state index contributed by atoms with van der Waals surface area (Å²) in [6, 6.07) is -4.57. The number of nitrogens with one attached hydrogen (secondary N) is 2. The number of aliphatic hydroxyl groups is 2. The van der Waals surface area contributed by atoms with Gasteiger partial charge in [-0.1, -0.05) is 0 Å². The van der Waals surface area contributed by atoms with Gasteiger partial charge in [0, 0.05) is 6.54 Å². The molecule has 27 heavy (non-hydrogen) atoms. The highest BCUT2D eigenvalue weighted by Crippen LogP contribution is 2.19. The summed E-state index contributed by atoms with van der Waals surface area (Å²) in [4.78, 5) is 49.3. The van der Waals surface area contributed by atoms with Gasteiger partial charge in [-0.15, -0.1) is 0 Å². The van der Waals surface area contributed by atoms with Gasteiger partial charge in [0.1, 0.15) is 18.1 Å². The first-order chi connectivity index (χ1) is 12.5. The van der Waals surface area contributed by atoms with Gasteiger partial charge in [-0.3, -0.25) is 14.4 Å². The molecular formula is C16H28N4O7. The van der Waals surface area contributed by atoms with Crippen LogP contribution >= 0.6 is 0 Å². The van der Waals surface area contributed by atoms with Gasteiger partial charge >= 0.3 is 5.97 Å². The van der Waals surface area contributed by atoms with Crippen LogP contribution in [0.3, 0.4) is 0 Å². The molecule has 7 N–H and O–H groups in total. The van der Waals surface area contributed by atoms with E-state index in [1.807, 2.05) is 0 Å². The molecule has 0 radical (unpaired) electrons. The first kappa shape index (κ1) is 22.8. The third kappa shape index (κ3) is 5.88. The smallest absolute Gasteiger partial charge is 0.328 e. The van der Waals surface area contributed by atoms with E-state index in [1.165, 1.54) is 25.7 Å². The summed E-state index contributed by atoms with van der Waals surface area (Å²) in [5, 5.41) is 32.5. The second-order valence-corrected chi connectivity index (χ2v) is 6.75. The molecule has 11 nitrogen and oxygen atoms in total. The number of amides is 3. The van der Waals surface area contributed by atoms with Crippen molar-refractivity contribution in [3.8, 4) is 0 Å². The van der Waals surface area contributed by atoms with Crippen LogP contribution in [0.5, 0.6) is 0 Å². The first-order valence-electron chi connectivity index (χ1n) is 8.73. The van der Waals surface area contributed by atoms with Crippen molar-refractivity contribution < 1.29 is 34.5 Å². The minimum absolute atomic E-state index is 0.270. The monoisotopic (exact) mass is 388 g/mol. The minimum atomic E-state index is -1.49. The number of carbonyl (C=O) groups is 4. The molecular weight excluding hydrogens is 360 g/mol. The fourth-order valence-corrected chi connectivity index (χ4v) is 2.78. The van der Waals surface area contributed by atoms with Crippen LogP contribution < -0.4 is 16.4 Å². The van der Waals surface area contributed by atoms with Crippen LogP contribution in [-0.2, 0) is 19.2 Å². The molecule has 0 saturated carbocycles. The van der Waals surface area contributed by atoms with E-state index in [1.54, 1.807) is 0 Å². The van der Waals surface area contributed by atoms with Gasteiger partial charge in [-0.05, 0) is 33.6 Å². The van der Waals surface area contributed by atoms with Gasteiger partial charge in [-0.2, -0.15) is 0 Å². The lowest BCUT2D eigenvalue weighted by Crippen LogP contribution is -2.58. The summed E-state index contributed by atoms with van der Waals surface area (Å²) in [6.45, 7) is 4.28. The Morgan fingerprint density at radius 3 is 2.15 bits per heavy atom. The Hall–Kier alpha value is -2.24. The summed E-state index contributed by atoms with van der Waals surface area (Å²) in [5.74, 6) is -3.30. The molecule has 6 unspecified atom stereocenters. The molecule has 0 aliphatic carbocycles. The number of nitrogens with zero attached hydrogens (tertiary/aromatic N) is 1. The molecule has 0 aromatic heterocycles. The van der Waals surface area contributed by atoms with Crippen LogP contribution in [0.4, 0.5) is 0 Å². The van der Waals surface area contributed by atoms with Crippen LogP contribution in [0, 0.1) is 0 Å². The van der Waals surface area contributed by atoms with Crippen molar-refractivity contribution in [2.45, 2.75) is 70.0 Å². The molecule has 1 fully saturated rings. The van der Waals surface area contributed by atoms with Crippen molar-refractivity contribution in [3.05, 3.63) is 0 Å². The Morgan fingerprint density at radius 2 is 1.67 bits per heavy atom. The van der Waals surface area contributed by atoms with Gasteiger partial charge in [0.05, 0.1) is 12.2 Å². The lowest BCUT2D eigenvalue weighted by atomic mass is 10.1. The van der Waals surface area contributed by atoms with Gasteiger partial charge in [0.15, 0.2) is 6.04 Å². The van der Waals surface area contributed by atoms with E-state index in [9.17, 15) is 29.4 Å². The van der Waals surface area contributed by atoms with Crippen molar-refractivity contribution >= 4 is 23.7 Å². The Balaban J connectivity index is 2.77. The number of carboxylic acids is 1. The number of likely N-dealkylation sites (tertiary alicyclic amines) is 1. The molecule has 154 valence electrons. The fraction of sp³-hybridized carbons (Fsp3) is 0.750. The Morgan fingerprint density at radius 1 is 1.07 bits per heavy atom. The molecule has 0 aromatic carbocycles. The maximum atomic E-state index is 12.6. The second kappa shape index (κ2) is 9.62. The summed E-state index contributed by atoms with van der Waals surface area (Å²) >= 11 is 0. The van der Waals surface area contributed by atoms with E-state index in [-0.39, 0.29) is 6.54 Å². The molecule has 0 aromatic rings. The zero-order chi connectivity index (χ0) is 20.9. The predicted molar refractivity (Wildman–Crippen MR) is 93.2 cm³/mol. The van der Waals surface area contributed by atoms with E-state index >= 15 is 0 Å². The number of aliphatic carboxylic acids is 1. The Bertz CT molecular complexity index is 581. The molecule has 1 rings (SSSR count). The quantitative estimate of drug-likeness (QED) is 0.256. The number of nitrogens with two attached hydrogens (primary N) is 1. The maximum Gasteiger partial charge on any atom is 0.328 e. The standard InChI is InChI=1S/C16H28N4O7/c1-7(18-14(24)11(17)8(2)21)15(25)20-6-4-5-10(20)13(23)19-12(9(3)22)16(26)27/h7-12,21-22H,4-6,17H2,1-3H3,(H,18,24)(H,19,23)(H,26,27). The van der Waals surface area contributed by atoms with Crippen LogP contribution in [0.25, 0.3) is 0 Å². The lowest BCUT2D eigenvalue weighted by molar-refractivity contribution is -0.147. The highest BCUT2D eigenvalue weighted by atomic mass is 16.4. The van der Waals surface area contributed by atoms with Crippen molar-refractivity contribution in [1.82, 2.24) is 15.5 Å². The maximum absolute atomic E-state index is 12.6. The molecule has 1 aliphatic rings. The van der Waals surface area contributed by atoms with E-state index < -0.39 is 60.1 Å². The van der Waals surface area contributed by atoms with E-state index in [4.69, 9.17) is 10.8 Å². The van der Waals surface area contributed by atoms with Crippen molar-refractivity contribution in [2.24, 2.45) is 5.73 Å². The molecule has 1 saturated heterocycles. The lowest BCUT2D eigenvalue weighted by Gasteiger charge is -2.29. The molecule has 6 atom stereocenters. The van der Waals surface area contributed by atoms with Gasteiger partial charge in [0.25, 0.3) is 0 Å². The van der Waals surface area contributed by atoms with Crippen molar-refractivity contribution in [2.75, 3.05) is 6.54 Å². The van der Waals surface area contributed by atoms with E-state index in [2.05, 4.69) is 10.6 Å². The van der Waals surface area contributed by atoms with Crippen LogP contribution in [0.1, 0.15) is 33.6 Å². The third-order valence-corrected chi connectivity index (χ3v) is 4.44. The van der Waals surface area contributed by atoms with Gasteiger partial charge < -0.3 is 36.6 Å². The average molecular weight is 388 g/mol. The highest BCUT2D eigenvalue weighted by Gasteiger charge is 2.38. The SMILES string of the molecule is CC(NC(=O)C(N)C(C)O)C(=O)N1CCCC1C(=O)NC(C(=O)O)C(C)O. The molecule has 11 heteroatoms. The predicted octanol–water partition coefficient (Wildman–Crippen LogP) is -2.86. The van der Waals surface area contributed by atoms with Gasteiger partial charge in [0.2, 0.25) is 17.7 Å². The molecule has 0 spiro atoms. The molecule has 1 heterocycles. The highest BCUT2D eigenvalue weighted by molar-refractivity contribution is 5.94. The molecule has 1 aliphatic heterocycles. The van der Waals surface area contributed by atoms with Crippen LogP contribution in [-0.4, -0.2) is 86.8 Å². The van der Waals surface area contributed by atoms with E-state index in [0.29, 0.717) is 12.8 Å². The number of carboxylic acid groups (broad SMARTS) is 1. The number of hydrogen-bond donors (Lipinski definition) is 6. The zero-order valence-corrected chi connectivity index (χ0v) is 15.6. The summed E-state index contributed by atoms with van der Waals surface area (Å²) in [6.07, 6.45) is -1.54. The normalized spacial score (nSPS) is 22.3. The number of rotatable bonds is 8. The fourth-order valence-electron chi connectivity index (χ4n) is 2.78. The topological polar surface area (TPSA) is 182 Å². The van der Waals surface area contributed by atoms with Crippen LogP contribution in [0.2, 0.25) is 0 Å². The second-order valence-electron chi connectivity index (χ2n) is 6.75. The summed E-state index contributed by atoms with van der Waals surface area (Å²) < 4.78 is 0. The van der Waals surface area contributed by atoms with Crippen molar-refractivity contribution in [3.63, 3.8) is 0 Å². The number of aliphatic hydroxyl groups excluding tert-OH is 2. The van der Waals surface area contributed by atoms with Gasteiger partial charge in [-0.25, -0.2) is 4.79 Å². The first-order valence-corrected chi connectivity index (χ1v) is 8.73. The summed E-state index contributed by atoms with van der Waals surface area (Å²) in [7, 11) is 0. The van der Waals surface area contributed by atoms with E-state index in [0.717, 1.165) is 0 Å². The zero-order valence-electron chi connectivity index (χ0n) is 15.6. The Labute approximate surface area is 156 Å². The third-order valence-electron chi connectivity index (χ3n) is 4.44. The largest absolute Gasteiger partial charge is 0.480 e. The van der Waals surface area contributed by atoms with Crippen molar-refractivity contribution in [1.29, 1.82) is 0 Å². The Kier molecular flexibility index (Phi) is 8.13. The molecule has 3 amide bonds. The average Bonchev–Trinajstić information content (AvgIpc) is 3.06.